The molecule has 2 aromatic rings. The third kappa shape index (κ3) is 4.22. The number of carbonyl (C=O) groups is 3. The van der Waals surface area contributed by atoms with Crippen molar-refractivity contribution in [3.05, 3.63) is 48.0 Å². The molecule has 0 bridgehead atoms. The Labute approximate surface area is 162 Å². The van der Waals surface area contributed by atoms with Gasteiger partial charge in [-0.05, 0) is 30.7 Å². The number of nitrogens with one attached hydrogen (secondary N) is 3. The average molecular weight is 383 g/mol. The van der Waals surface area contributed by atoms with E-state index in [9.17, 15) is 14.4 Å². The van der Waals surface area contributed by atoms with E-state index in [1.807, 2.05) is 0 Å². The molecule has 3 N–H and O–H groups in total. The molecule has 0 saturated heterocycles. The number of para-hydroxylation sites is 1. The van der Waals surface area contributed by atoms with Crippen LogP contribution in [-0.4, -0.2) is 38.0 Å². The van der Waals surface area contributed by atoms with Gasteiger partial charge in [-0.15, -0.1) is 0 Å². The van der Waals surface area contributed by atoms with E-state index in [1.165, 1.54) is 14.2 Å². The number of benzene rings is 2. The highest BCUT2D eigenvalue weighted by molar-refractivity contribution is 6.10. The van der Waals surface area contributed by atoms with Crippen molar-refractivity contribution in [2.75, 3.05) is 24.9 Å². The van der Waals surface area contributed by atoms with Crippen LogP contribution in [0.3, 0.4) is 0 Å². The number of fused-ring (bicyclic) bond motifs is 1. The number of rotatable bonds is 6. The fraction of sp³-hybridized carbons (Fsp3) is 0.250. The summed E-state index contributed by atoms with van der Waals surface area (Å²) in [6.07, 6.45) is 0.230. The van der Waals surface area contributed by atoms with Gasteiger partial charge in [0.15, 0.2) is 11.5 Å². The van der Waals surface area contributed by atoms with Gasteiger partial charge in [-0.25, -0.2) is 0 Å². The maximum Gasteiger partial charge on any atom is 0.254 e. The molecule has 0 fully saturated rings. The summed E-state index contributed by atoms with van der Waals surface area (Å²) in [7, 11) is 3.04. The third-order valence-corrected chi connectivity index (χ3v) is 4.38. The third-order valence-electron chi connectivity index (χ3n) is 4.38. The van der Waals surface area contributed by atoms with Crippen LogP contribution in [0.4, 0.5) is 11.4 Å². The van der Waals surface area contributed by atoms with Crippen LogP contribution in [0.1, 0.15) is 23.2 Å². The average Bonchev–Trinajstić information content (AvgIpc) is 2.82. The van der Waals surface area contributed by atoms with Crippen molar-refractivity contribution in [2.24, 2.45) is 0 Å². The van der Waals surface area contributed by atoms with Crippen molar-refractivity contribution >= 4 is 29.1 Å². The Morgan fingerprint density at radius 3 is 2.57 bits per heavy atom. The SMILES string of the molecule is COc1ccc(NC(=O)CC[C@H]2NC(=O)c3ccccc3NC2=O)cc1OC. The standard InChI is InChI=1S/C20H21N3O5/c1-27-16-9-7-12(11-17(16)28-2)21-18(24)10-8-15-20(26)22-14-6-4-3-5-13(14)19(25)23-15/h3-7,9,11,15H,8,10H2,1-2H3,(H,21,24)(H,22,26)(H,23,25)/t15-/m1/s1. The molecule has 3 amide bonds. The Morgan fingerprint density at radius 2 is 1.82 bits per heavy atom. The minimum atomic E-state index is -0.795. The number of hydrogen-bond donors (Lipinski definition) is 3. The van der Waals surface area contributed by atoms with Crippen LogP contribution in [0.5, 0.6) is 11.5 Å². The molecule has 1 heterocycles. The van der Waals surface area contributed by atoms with Crippen molar-refractivity contribution in [1.29, 1.82) is 0 Å². The largest absolute Gasteiger partial charge is 0.493 e. The Bertz CT molecular complexity index is 912. The summed E-state index contributed by atoms with van der Waals surface area (Å²) in [4.78, 5) is 36.9. The first-order valence-electron chi connectivity index (χ1n) is 8.74. The first-order valence-corrected chi connectivity index (χ1v) is 8.74. The molecular formula is C20H21N3O5. The molecule has 2 aromatic carbocycles. The van der Waals surface area contributed by atoms with Gasteiger partial charge in [0, 0.05) is 18.2 Å². The normalized spacial score (nSPS) is 15.6. The van der Waals surface area contributed by atoms with Crippen molar-refractivity contribution < 1.29 is 23.9 Å². The topological polar surface area (TPSA) is 106 Å². The summed E-state index contributed by atoms with van der Waals surface area (Å²) in [5, 5.41) is 8.14. The second-order valence-corrected chi connectivity index (χ2v) is 6.22. The zero-order chi connectivity index (χ0) is 20.1. The van der Waals surface area contributed by atoms with Crippen molar-refractivity contribution in [3.63, 3.8) is 0 Å². The van der Waals surface area contributed by atoms with Crippen LogP contribution in [0.25, 0.3) is 0 Å². The van der Waals surface area contributed by atoms with Crippen LogP contribution in [-0.2, 0) is 9.59 Å². The molecule has 1 aliphatic heterocycles. The molecule has 146 valence electrons. The highest BCUT2D eigenvalue weighted by atomic mass is 16.5. The van der Waals surface area contributed by atoms with E-state index < -0.39 is 6.04 Å². The number of anilines is 2. The number of carbonyl (C=O) groups excluding carboxylic acids is 3. The molecule has 0 aliphatic carbocycles. The Morgan fingerprint density at radius 1 is 1.07 bits per heavy atom. The van der Waals surface area contributed by atoms with Crippen LogP contribution < -0.4 is 25.4 Å². The van der Waals surface area contributed by atoms with Gasteiger partial charge in [0.1, 0.15) is 6.04 Å². The Kier molecular flexibility index (Phi) is 5.78. The van der Waals surface area contributed by atoms with Crippen LogP contribution in [0, 0.1) is 0 Å². The maximum absolute atomic E-state index is 12.4. The summed E-state index contributed by atoms with van der Waals surface area (Å²) < 4.78 is 10.4. The second kappa shape index (κ2) is 8.43. The van der Waals surface area contributed by atoms with Gasteiger partial charge in [-0.3, -0.25) is 14.4 Å². The van der Waals surface area contributed by atoms with Crippen LogP contribution >= 0.6 is 0 Å². The predicted molar refractivity (Wildman–Crippen MR) is 104 cm³/mol. The van der Waals surface area contributed by atoms with Gasteiger partial charge >= 0.3 is 0 Å². The molecular weight excluding hydrogens is 362 g/mol. The van der Waals surface area contributed by atoms with Gasteiger partial charge in [0.25, 0.3) is 5.91 Å². The number of hydrogen-bond acceptors (Lipinski definition) is 5. The number of amides is 3. The van der Waals surface area contributed by atoms with E-state index in [1.54, 1.807) is 42.5 Å². The number of ether oxygens (including phenoxy) is 2. The molecule has 3 rings (SSSR count). The lowest BCUT2D eigenvalue weighted by atomic mass is 10.1. The monoisotopic (exact) mass is 383 g/mol. The summed E-state index contributed by atoms with van der Waals surface area (Å²) in [5.74, 6) is 0.0684. The molecule has 0 aromatic heterocycles. The molecule has 1 aliphatic rings. The highest BCUT2D eigenvalue weighted by Gasteiger charge is 2.27. The molecule has 28 heavy (non-hydrogen) atoms. The minimum absolute atomic E-state index is 0.0586. The van der Waals surface area contributed by atoms with Crippen molar-refractivity contribution in [2.45, 2.75) is 18.9 Å². The van der Waals surface area contributed by atoms with Crippen LogP contribution in [0.15, 0.2) is 42.5 Å². The maximum atomic E-state index is 12.4. The van der Waals surface area contributed by atoms with E-state index in [0.29, 0.717) is 28.4 Å². The Hall–Kier alpha value is -3.55. The van der Waals surface area contributed by atoms with Gasteiger partial charge in [-0.2, -0.15) is 0 Å². The minimum Gasteiger partial charge on any atom is -0.493 e. The highest BCUT2D eigenvalue weighted by Crippen LogP contribution is 2.29. The summed E-state index contributed by atoms with van der Waals surface area (Å²) in [5.41, 5.74) is 1.40. The van der Waals surface area contributed by atoms with Crippen LogP contribution in [0.2, 0.25) is 0 Å². The summed E-state index contributed by atoms with van der Waals surface area (Å²) in [6.45, 7) is 0. The lowest BCUT2D eigenvalue weighted by Crippen LogP contribution is -2.41. The van der Waals surface area contributed by atoms with Gasteiger partial charge in [-0.1, -0.05) is 12.1 Å². The van der Waals surface area contributed by atoms with E-state index in [4.69, 9.17) is 9.47 Å². The second-order valence-electron chi connectivity index (χ2n) is 6.22. The first-order chi connectivity index (χ1) is 13.5. The molecule has 8 heteroatoms. The fourth-order valence-corrected chi connectivity index (χ4v) is 2.93. The first kappa shape index (κ1) is 19.2. The lowest BCUT2D eigenvalue weighted by Gasteiger charge is -2.15. The quantitative estimate of drug-likeness (QED) is 0.709. The molecule has 0 saturated carbocycles. The van der Waals surface area contributed by atoms with Gasteiger partial charge in [0.2, 0.25) is 11.8 Å². The predicted octanol–water partition coefficient (Wildman–Crippen LogP) is 2.17. The van der Waals surface area contributed by atoms with Crippen molar-refractivity contribution in [1.82, 2.24) is 5.32 Å². The summed E-state index contributed by atoms with van der Waals surface area (Å²) >= 11 is 0. The Balaban J connectivity index is 1.60. The molecule has 0 unspecified atom stereocenters. The van der Waals surface area contributed by atoms with Gasteiger partial charge < -0.3 is 25.4 Å². The van der Waals surface area contributed by atoms with E-state index >= 15 is 0 Å². The lowest BCUT2D eigenvalue weighted by molar-refractivity contribution is -0.118. The zero-order valence-electron chi connectivity index (χ0n) is 15.6. The van der Waals surface area contributed by atoms with E-state index in [-0.39, 0.29) is 30.6 Å². The molecule has 0 radical (unpaired) electrons. The van der Waals surface area contributed by atoms with Crippen molar-refractivity contribution in [3.8, 4) is 11.5 Å². The molecule has 1 atom stereocenters. The molecule has 0 spiro atoms. The smallest absolute Gasteiger partial charge is 0.254 e. The zero-order valence-corrected chi connectivity index (χ0v) is 15.6. The van der Waals surface area contributed by atoms with Gasteiger partial charge in [0.05, 0.1) is 25.5 Å². The fourth-order valence-electron chi connectivity index (χ4n) is 2.93. The van der Waals surface area contributed by atoms with E-state index in [0.717, 1.165) is 0 Å². The summed E-state index contributed by atoms with van der Waals surface area (Å²) in [6, 6.07) is 11.0. The molecule has 8 nitrogen and oxygen atoms in total. The van der Waals surface area contributed by atoms with E-state index in [2.05, 4.69) is 16.0 Å². The number of methoxy groups -OCH3 is 2.